The van der Waals surface area contributed by atoms with Crippen LogP contribution >= 0.6 is 0 Å². The highest BCUT2D eigenvalue weighted by atomic mass is 19.1. The zero-order chi connectivity index (χ0) is 13.0. The molecule has 0 fully saturated rings. The van der Waals surface area contributed by atoms with Crippen molar-refractivity contribution < 1.29 is 23.6 Å². The molecule has 0 aliphatic rings. The summed E-state index contributed by atoms with van der Waals surface area (Å²) in [6.45, 7) is 0. The Morgan fingerprint density at radius 1 is 1.47 bits per heavy atom. The number of nitro benzene ring substituents is 1. The number of methoxy groups -OCH3 is 2. The molecule has 0 radical (unpaired) electrons. The second-order valence-electron chi connectivity index (χ2n) is 3.07. The predicted octanol–water partition coefficient (Wildman–Crippen LogP) is 1.79. The third-order valence-corrected chi connectivity index (χ3v) is 2.11. The molecule has 0 aromatic heterocycles. The van der Waals surface area contributed by atoms with Crippen LogP contribution in [0.1, 0.15) is 11.7 Å². The van der Waals surface area contributed by atoms with Crippen molar-refractivity contribution in [2.45, 2.75) is 6.17 Å². The van der Waals surface area contributed by atoms with Gasteiger partial charge in [-0.25, -0.2) is 9.18 Å². The summed E-state index contributed by atoms with van der Waals surface area (Å²) in [6.07, 6.45) is -2.21. The zero-order valence-electron chi connectivity index (χ0n) is 9.18. The van der Waals surface area contributed by atoms with Crippen molar-refractivity contribution in [2.24, 2.45) is 0 Å². The topological polar surface area (TPSA) is 78.7 Å². The Morgan fingerprint density at radius 2 is 2.12 bits per heavy atom. The average Bonchev–Trinajstić information content (AvgIpc) is 2.35. The van der Waals surface area contributed by atoms with Crippen molar-refractivity contribution in [3.63, 3.8) is 0 Å². The van der Waals surface area contributed by atoms with E-state index < -0.39 is 22.8 Å². The molecular formula is C10H10FNO5. The van der Waals surface area contributed by atoms with Gasteiger partial charge in [-0.3, -0.25) is 10.1 Å². The standard InChI is InChI=1S/C10H10FNO5/c1-16-6-3-4-8(12(14)15)7(5-6)9(11)10(13)17-2/h3-5,9H,1-2H3. The number of hydrogen-bond acceptors (Lipinski definition) is 5. The van der Waals surface area contributed by atoms with Crippen molar-refractivity contribution >= 4 is 11.7 Å². The van der Waals surface area contributed by atoms with Crippen LogP contribution in [0.15, 0.2) is 18.2 Å². The van der Waals surface area contributed by atoms with Gasteiger partial charge in [0.25, 0.3) is 5.69 Å². The lowest BCUT2D eigenvalue weighted by molar-refractivity contribution is -0.386. The normalized spacial score (nSPS) is 11.7. The Bertz CT molecular complexity index is 448. The molecule has 1 rings (SSSR count). The Morgan fingerprint density at radius 3 is 2.59 bits per heavy atom. The van der Waals surface area contributed by atoms with Crippen LogP contribution in [-0.4, -0.2) is 25.1 Å². The minimum absolute atomic E-state index is 0.220. The number of carbonyl (C=O) groups excluding carboxylic acids is 1. The van der Waals surface area contributed by atoms with E-state index in [4.69, 9.17) is 4.74 Å². The predicted molar refractivity (Wildman–Crippen MR) is 55.5 cm³/mol. The lowest BCUT2D eigenvalue weighted by Crippen LogP contribution is -2.11. The maximum atomic E-state index is 13.6. The largest absolute Gasteiger partial charge is 0.497 e. The second kappa shape index (κ2) is 5.24. The molecule has 1 aromatic rings. The summed E-state index contributed by atoms with van der Waals surface area (Å²) in [5.41, 5.74) is -0.884. The minimum Gasteiger partial charge on any atom is -0.497 e. The summed E-state index contributed by atoms with van der Waals surface area (Å²) in [6, 6.07) is 3.48. The van der Waals surface area contributed by atoms with Gasteiger partial charge in [-0.05, 0) is 12.1 Å². The van der Waals surface area contributed by atoms with Crippen molar-refractivity contribution in [2.75, 3.05) is 14.2 Å². The van der Waals surface area contributed by atoms with Crippen LogP contribution in [0.25, 0.3) is 0 Å². The van der Waals surface area contributed by atoms with Gasteiger partial charge in [-0.1, -0.05) is 0 Å². The van der Waals surface area contributed by atoms with Gasteiger partial charge < -0.3 is 9.47 Å². The Kier molecular flexibility index (Phi) is 3.97. The lowest BCUT2D eigenvalue weighted by atomic mass is 10.1. The lowest BCUT2D eigenvalue weighted by Gasteiger charge is -2.08. The van der Waals surface area contributed by atoms with Crippen LogP contribution in [0.2, 0.25) is 0 Å². The van der Waals surface area contributed by atoms with Gasteiger partial charge in [-0.2, -0.15) is 0 Å². The number of ether oxygens (including phenoxy) is 2. The highest BCUT2D eigenvalue weighted by Gasteiger charge is 2.29. The minimum atomic E-state index is -2.21. The summed E-state index contributed by atoms with van der Waals surface area (Å²) >= 11 is 0. The summed E-state index contributed by atoms with van der Waals surface area (Å²) in [5, 5.41) is 10.7. The summed E-state index contributed by atoms with van der Waals surface area (Å²) in [7, 11) is 2.33. The first-order valence-electron chi connectivity index (χ1n) is 4.55. The molecule has 1 aromatic carbocycles. The highest BCUT2D eigenvalue weighted by molar-refractivity contribution is 5.78. The van der Waals surface area contributed by atoms with Crippen molar-refractivity contribution in [3.05, 3.63) is 33.9 Å². The van der Waals surface area contributed by atoms with E-state index in [1.165, 1.54) is 13.2 Å². The van der Waals surface area contributed by atoms with Gasteiger partial charge in [0.05, 0.1) is 24.7 Å². The Labute approximate surface area is 96.1 Å². The zero-order valence-corrected chi connectivity index (χ0v) is 9.18. The number of nitrogens with zero attached hydrogens (tertiary/aromatic N) is 1. The van der Waals surface area contributed by atoms with Crippen LogP contribution in [0.3, 0.4) is 0 Å². The molecule has 1 atom stereocenters. The highest BCUT2D eigenvalue weighted by Crippen LogP contribution is 2.31. The van der Waals surface area contributed by atoms with E-state index in [1.54, 1.807) is 0 Å². The molecule has 0 amide bonds. The molecule has 1 unspecified atom stereocenters. The van der Waals surface area contributed by atoms with Crippen LogP contribution in [0.5, 0.6) is 5.75 Å². The van der Waals surface area contributed by atoms with Crippen molar-refractivity contribution in [1.29, 1.82) is 0 Å². The number of carbonyl (C=O) groups is 1. The molecule has 0 saturated heterocycles. The van der Waals surface area contributed by atoms with Crippen LogP contribution in [-0.2, 0) is 9.53 Å². The molecule has 7 heteroatoms. The fourth-order valence-electron chi connectivity index (χ4n) is 1.26. The number of esters is 1. The van der Waals surface area contributed by atoms with Crippen LogP contribution < -0.4 is 4.74 Å². The quantitative estimate of drug-likeness (QED) is 0.457. The van der Waals surface area contributed by atoms with Crippen molar-refractivity contribution in [1.82, 2.24) is 0 Å². The Balaban J connectivity index is 3.26. The molecule has 6 nitrogen and oxygen atoms in total. The van der Waals surface area contributed by atoms with Gasteiger partial charge >= 0.3 is 5.97 Å². The number of hydrogen-bond donors (Lipinski definition) is 0. The molecule has 92 valence electrons. The number of halogens is 1. The molecule has 17 heavy (non-hydrogen) atoms. The summed E-state index contributed by atoms with van der Waals surface area (Å²) in [4.78, 5) is 20.9. The maximum absolute atomic E-state index is 13.6. The average molecular weight is 243 g/mol. The van der Waals surface area contributed by atoms with E-state index in [1.807, 2.05) is 0 Å². The summed E-state index contributed by atoms with van der Waals surface area (Å²) < 4.78 is 22.6. The maximum Gasteiger partial charge on any atom is 0.345 e. The van der Waals surface area contributed by atoms with E-state index in [0.29, 0.717) is 0 Å². The third kappa shape index (κ3) is 2.68. The number of alkyl halides is 1. The number of nitro groups is 1. The molecule has 0 aliphatic carbocycles. The van der Waals surface area contributed by atoms with E-state index in [0.717, 1.165) is 19.2 Å². The van der Waals surface area contributed by atoms with E-state index in [2.05, 4.69) is 4.74 Å². The van der Waals surface area contributed by atoms with Crippen LogP contribution in [0, 0.1) is 10.1 Å². The number of rotatable bonds is 4. The monoisotopic (exact) mass is 243 g/mol. The smallest absolute Gasteiger partial charge is 0.345 e. The number of benzene rings is 1. The van der Waals surface area contributed by atoms with Crippen molar-refractivity contribution in [3.8, 4) is 5.75 Å². The molecule has 0 N–H and O–H groups in total. The molecule has 0 spiro atoms. The van der Waals surface area contributed by atoms with Gasteiger partial charge in [0, 0.05) is 6.07 Å². The van der Waals surface area contributed by atoms with Gasteiger partial charge in [0.2, 0.25) is 6.17 Å². The van der Waals surface area contributed by atoms with Gasteiger partial charge in [0.1, 0.15) is 5.75 Å². The summed E-state index contributed by atoms with van der Waals surface area (Å²) in [5.74, 6) is -0.974. The molecule has 0 aliphatic heterocycles. The molecule has 0 heterocycles. The van der Waals surface area contributed by atoms with E-state index >= 15 is 0 Å². The fraction of sp³-hybridized carbons (Fsp3) is 0.300. The van der Waals surface area contributed by atoms with Gasteiger partial charge in [-0.15, -0.1) is 0 Å². The second-order valence-corrected chi connectivity index (χ2v) is 3.07. The fourth-order valence-corrected chi connectivity index (χ4v) is 1.26. The van der Waals surface area contributed by atoms with Gasteiger partial charge in [0.15, 0.2) is 0 Å². The molecule has 0 saturated carbocycles. The first kappa shape index (κ1) is 12.9. The Hall–Kier alpha value is -2.18. The van der Waals surface area contributed by atoms with E-state index in [9.17, 15) is 19.3 Å². The first-order valence-corrected chi connectivity index (χ1v) is 4.55. The third-order valence-electron chi connectivity index (χ3n) is 2.11. The van der Waals surface area contributed by atoms with E-state index in [-0.39, 0.29) is 11.3 Å². The molecule has 0 bridgehead atoms. The molecular weight excluding hydrogens is 233 g/mol. The van der Waals surface area contributed by atoms with Crippen LogP contribution in [0.4, 0.5) is 10.1 Å². The first-order chi connectivity index (χ1) is 8.01. The SMILES string of the molecule is COC(=O)C(F)c1cc(OC)ccc1[N+](=O)[O-].